The smallest absolute Gasteiger partial charge is 0.289 e. The third-order valence-corrected chi connectivity index (χ3v) is 3.79. The normalized spacial score (nSPS) is 11.2. The number of phenolic OH excluding ortho intramolecular Hbond substituents is 1. The number of hydrazone groups is 1. The van der Waals surface area contributed by atoms with Crippen molar-refractivity contribution in [2.45, 2.75) is 6.92 Å². The average molecular weight is 365 g/mol. The minimum atomic E-state index is -0.502. The van der Waals surface area contributed by atoms with E-state index in [-0.39, 0.29) is 17.1 Å². The molecule has 0 saturated carbocycles. The molecule has 2 aromatic carbocycles. The van der Waals surface area contributed by atoms with E-state index < -0.39 is 10.8 Å². The number of non-ortho nitro benzene ring substituents is 1. The number of carbonyl (C=O) groups excluding carboxylic acids is 1. The van der Waals surface area contributed by atoms with Gasteiger partial charge in [-0.25, -0.2) is 5.43 Å². The van der Waals surface area contributed by atoms with E-state index in [0.29, 0.717) is 17.0 Å². The molecule has 0 atom stereocenters. The number of nitrogens with zero attached hydrogens (tertiary/aromatic N) is 3. The summed E-state index contributed by atoms with van der Waals surface area (Å²) in [5.74, 6) is -0.362. The SMILES string of the molecule is C/C(=N/NC(=O)c1cc(-c2cccc([N+](=O)[O-])c2)n[nH]1)c1ccc(O)cc1. The third kappa shape index (κ3) is 4.15. The number of hydrogen-bond donors (Lipinski definition) is 3. The van der Waals surface area contributed by atoms with Crippen LogP contribution in [0, 0.1) is 10.1 Å². The van der Waals surface area contributed by atoms with Crippen LogP contribution in [0.3, 0.4) is 0 Å². The number of rotatable bonds is 5. The second-order valence-corrected chi connectivity index (χ2v) is 5.66. The molecular weight excluding hydrogens is 350 g/mol. The van der Waals surface area contributed by atoms with Gasteiger partial charge in [-0.1, -0.05) is 12.1 Å². The lowest BCUT2D eigenvalue weighted by Gasteiger charge is -2.02. The topological polar surface area (TPSA) is 134 Å². The molecule has 9 heteroatoms. The molecule has 0 unspecified atom stereocenters. The fourth-order valence-corrected chi connectivity index (χ4v) is 2.33. The number of aromatic nitrogens is 2. The van der Waals surface area contributed by atoms with E-state index in [9.17, 15) is 20.0 Å². The Kier molecular flexibility index (Phi) is 4.93. The Morgan fingerprint density at radius 2 is 1.96 bits per heavy atom. The Morgan fingerprint density at radius 1 is 1.22 bits per heavy atom. The van der Waals surface area contributed by atoms with Crippen LogP contribution in [0.5, 0.6) is 5.75 Å². The van der Waals surface area contributed by atoms with Gasteiger partial charge in [-0.3, -0.25) is 20.0 Å². The maximum atomic E-state index is 12.2. The number of H-pyrrole nitrogens is 1. The maximum absolute atomic E-state index is 12.2. The quantitative estimate of drug-likeness (QED) is 0.363. The number of hydrogen-bond acceptors (Lipinski definition) is 6. The van der Waals surface area contributed by atoms with Gasteiger partial charge in [0.25, 0.3) is 11.6 Å². The van der Waals surface area contributed by atoms with Crippen molar-refractivity contribution >= 4 is 17.3 Å². The second-order valence-electron chi connectivity index (χ2n) is 5.66. The summed E-state index contributed by atoms with van der Waals surface area (Å²) < 4.78 is 0. The van der Waals surface area contributed by atoms with Gasteiger partial charge >= 0.3 is 0 Å². The molecule has 0 aliphatic rings. The number of nitro benzene ring substituents is 1. The molecule has 136 valence electrons. The van der Waals surface area contributed by atoms with E-state index in [1.54, 1.807) is 31.2 Å². The van der Waals surface area contributed by atoms with Gasteiger partial charge in [0.05, 0.1) is 16.3 Å². The fourth-order valence-electron chi connectivity index (χ4n) is 2.33. The molecule has 0 fully saturated rings. The first kappa shape index (κ1) is 17.8. The van der Waals surface area contributed by atoms with Crippen LogP contribution in [0.4, 0.5) is 5.69 Å². The third-order valence-electron chi connectivity index (χ3n) is 3.79. The second kappa shape index (κ2) is 7.48. The van der Waals surface area contributed by atoms with Gasteiger partial charge in [-0.15, -0.1) is 0 Å². The lowest BCUT2D eigenvalue weighted by Crippen LogP contribution is -2.19. The van der Waals surface area contributed by atoms with E-state index in [4.69, 9.17) is 0 Å². The fraction of sp³-hybridized carbons (Fsp3) is 0.0556. The molecule has 0 bridgehead atoms. The summed E-state index contributed by atoms with van der Waals surface area (Å²) in [7, 11) is 0. The number of nitrogens with one attached hydrogen (secondary N) is 2. The molecule has 3 aromatic rings. The number of carbonyl (C=O) groups is 1. The molecule has 1 heterocycles. The first-order chi connectivity index (χ1) is 12.9. The van der Waals surface area contributed by atoms with Gasteiger partial charge in [0.2, 0.25) is 0 Å². The summed E-state index contributed by atoms with van der Waals surface area (Å²) in [6.07, 6.45) is 0. The van der Waals surface area contributed by atoms with Crippen LogP contribution < -0.4 is 5.43 Å². The molecule has 0 aliphatic carbocycles. The molecule has 0 saturated heterocycles. The summed E-state index contributed by atoms with van der Waals surface area (Å²) in [6.45, 7) is 1.72. The zero-order chi connectivity index (χ0) is 19.4. The Labute approximate surface area is 153 Å². The lowest BCUT2D eigenvalue weighted by atomic mass is 10.1. The van der Waals surface area contributed by atoms with Crippen LogP contribution in [0.2, 0.25) is 0 Å². The summed E-state index contributed by atoms with van der Waals surface area (Å²) in [6, 6.07) is 13.9. The molecule has 1 amide bonds. The monoisotopic (exact) mass is 365 g/mol. The van der Waals surface area contributed by atoms with Gasteiger partial charge in [0.1, 0.15) is 11.4 Å². The predicted octanol–water partition coefficient (Wildman–Crippen LogP) is 2.84. The van der Waals surface area contributed by atoms with E-state index in [1.165, 1.54) is 30.3 Å². The summed E-state index contributed by atoms with van der Waals surface area (Å²) in [5, 5.41) is 30.8. The maximum Gasteiger partial charge on any atom is 0.289 e. The van der Waals surface area contributed by atoms with Crippen molar-refractivity contribution in [2.24, 2.45) is 5.10 Å². The van der Waals surface area contributed by atoms with Crippen molar-refractivity contribution in [1.82, 2.24) is 15.6 Å². The highest BCUT2D eigenvalue weighted by atomic mass is 16.6. The number of amides is 1. The minimum Gasteiger partial charge on any atom is -0.508 e. The number of phenols is 1. The number of benzene rings is 2. The van der Waals surface area contributed by atoms with Crippen LogP contribution in [-0.2, 0) is 0 Å². The Morgan fingerprint density at radius 3 is 2.67 bits per heavy atom. The zero-order valence-corrected chi connectivity index (χ0v) is 14.2. The molecule has 0 spiro atoms. The van der Waals surface area contributed by atoms with E-state index in [2.05, 4.69) is 20.7 Å². The first-order valence-electron chi connectivity index (χ1n) is 7.88. The summed E-state index contributed by atoms with van der Waals surface area (Å²) in [5.41, 5.74) is 4.74. The molecule has 9 nitrogen and oxygen atoms in total. The largest absolute Gasteiger partial charge is 0.508 e. The average Bonchev–Trinajstić information content (AvgIpc) is 3.17. The number of nitro groups is 1. The standard InChI is InChI=1S/C18H15N5O4/c1-11(12-5-7-15(24)8-6-12)19-22-18(25)17-10-16(20-21-17)13-3-2-4-14(9-13)23(26)27/h2-10,24H,1H3,(H,20,21)(H,22,25)/b19-11-. The Bertz CT molecular complexity index is 1020. The van der Waals surface area contributed by atoms with Crippen LogP contribution in [0.25, 0.3) is 11.3 Å². The Balaban J connectivity index is 1.73. The number of aromatic amines is 1. The Hall–Kier alpha value is -4.01. The molecular formula is C18H15N5O4. The zero-order valence-electron chi connectivity index (χ0n) is 14.2. The van der Waals surface area contributed by atoms with Crippen molar-refractivity contribution in [1.29, 1.82) is 0 Å². The highest BCUT2D eigenvalue weighted by molar-refractivity contribution is 6.00. The van der Waals surface area contributed by atoms with Crippen LogP contribution in [-0.4, -0.2) is 31.8 Å². The predicted molar refractivity (Wildman–Crippen MR) is 98.5 cm³/mol. The highest BCUT2D eigenvalue weighted by Crippen LogP contribution is 2.22. The molecule has 0 aliphatic heterocycles. The van der Waals surface area contributed by atoms with Gasteiger partial charge in [0.15, 0.2) is 0 Å². The summed E-state index contributed by atoms with van der Waals surface area (Å²) in [4.78, 5) is 22.6. The van der Waals surface area contributed by atoms with Crippen molar-refractivity contribution in [3.63, 3.8) is 0 Å². The molecule has 0 radical (unpaired) electrons. The minimum absolute atomic E-state index is 0.0596. The van der Waals surface area contributed by atoms with Gasteiger partial charge in [-0.05, 0) is 42.8 Å². The van der Waals surface area contributed by atoms with E-state index >= 15 is 0 Å². The first-order valence-corrected chi connectivity index (χ1v) is 7.88. The lowest BCUT2D eigenvalue weighted by molar-refractivity contribution is -0.384. The van der Waals surface area contributed by atoms with Gasteiger partial charge < -0.3 is 5.11 Å². The molecule has 27 heavy (non-hydrogen) atoms. The van der Waals surface area contributed by atoms with Gasteiger partial charge in [-0.2, -0.15) is 10.2 Å². The number of aromatic hydroxyl groups is 1. The molecule has 3 rings (SSSR count). The van der Waals surface area contributed by atoms with E-state index in [0.717, 1.165) is 5.56 Å². The van der Waals surface area contributed by atoms with Crippen LogP contribution in [0.15, 0.2) is 59.7 Å². The van der Waals surface area contributed by atoms with Crippen molar-refractivity contribution in [3.05, 3.63) is 76.0 Å². The van der Waals surface area contributed by atoms with Crippen LogP contribution in [0.1, 0.15) is 23.0 Å². The van der Waals surface area contributed by atoms with Gasteiger partial charge in [0, 0.05) is 17.7 Å². The molecule has 1 aromatic heterocycles. The summed E-state index contributed by atoms with van der Waals surface area (Å²) >= 11 is 0. The van der Waals surface area contributed by atoms with Crippen molar-refractivity contribution in [3.8, 4) is 17.0 Å². The van der Waals surface area contributed by atoms with Crippen LogP contribution >= 0.6 is 0 Å². The molecule has 3 N–H and O–H groups in total. The highest BCUT2D eigenvalue weighted by Gasteiger charge is 2.13. The van der Waals surface area contributed by atoms with E-state index in [1.807, 2.05) is 0 Å². The van der Waals surface area contributed by atoms with Crippen molar-refractivity contribution in [2.75, 3.05) is 0 Å². The van der Waals surface area contributed by atoms with Crippen molar-refractivity contribution < 1.29 is 14.8 Å².